The van der Waals surface area contributed by atoms with E-state index in [-0.39, 0.29) is 28.6 Å². The van der Waals surface area contributed by atoms with Crippen LogP contribution in [0.5, 0.6) is 51.7 Å². The standard InChI is InChI=1S/4C9H10O3.C8H8O2/c1-2-12-8-4-3-7(6-10)9(11)5-8;1-2-12-9-5-8(11)4-3-7(9)6-10;1-2-12-9-4-3-7(6-10)5-8(9)11;1-2-12-9-5-7(6-10)3-4-8(9)11;1-10-8-4-2-7(6-9)3-5-8/h4*3-6,11H,2H2,1H3;2-6H,1H3. The van der Waals surface area contributed by atoms with Crippen molar-refractivity contribution in [1.82, 2.24) is 0 Å². The molecule has 5 rings (SSSR count). The van der Waals surface area contributed by atoms with Gasteiger partial charge in [0, 0.05) is 28.8 Å². The Morgan fingerprint density at radius 3 is 1.43 bits per heavy atom. The van der Waals surface area contributed by atoms with Gasteiger partial charge in [-0.1, -0.05) is 0 Å². The Morgan fingerprint density at radius 2 is 0.914 bits per heavy atom. The van der Waals surface area contributed by atoms with Crippen molar-refractivity contribution in [2.75, 3.05) is 33.5 Å². The first-order valence-corrected chi connectivity index (χ1v) is 17.7. The SMILES string of the molecule is CCOc1cc(C=O)ccc1O.CCOc1cc(O)ccc1C=O.CCOc1ccc(C=O)c(O)c1.CCOc1ccc(C=O)cc1O.COc1ccc(C=O)cc1. The summed E-state index contributed by atoms with van der Waals surface area (Å²) in [7, 11) is 1.59. The van der Waals surface area contributed by atoms with Crippen LogP contribution in [0, 0.1) is 0 Å². The number of carbonyl (C=O) groups is 5. The zero-order valence-electron chi connectivity index (χ0n) is 32.8. The first kappa shape index (κ1) is 48.7. The van der Waals surface area contributed by atoms with Crippen molar-refractivity contribution in [3.8, 4) is 51.7 Å². The number of aromatic hydroxyl groups is 4. The van der Waals surface area contributed by atoms with Crippen LogP contribution in [0.1, 0.15) is 79.5 Å². The minimum atomic E-state index is -0.0454. The molecule has 0 bridgehead atoms. The molecular formula is C44H48O14. The molecule has 0 atom stereocenters. The normalized spacial score (nSPS) is 9.33. The summed E-state index contributed by atoms with van der Waals surface area (Å²) in [5.41, 5.74) is 2.33. The highest BCUT2D eigenvalue weighted by Crippen LogP contribution is 2.27. The average Bonchev–Trinajstić information content (AvgIpc) is 3.24. The maximum atomic E-state index is 10.5. The second-order valence-electron chi connectivity index (χ2n) is 11.0. The predicted molar refractivity (Wildman–Crippen MR) is 217 cm³/mol. The highest BCUT2D eigenvalue weighted by molar-refractivity contribution is 5.80. The molecule has 0 heterocycles. The minimum Gasteiger partial charge on any atom is -0.508 e. The number of benzene rings is 5. The van der Waals surface area contributed by atoms with E-state index in [9.17, 15) is 39.3 Å². The Kier molecular flexibility index (Phi) is 23.6. The van der Waals surface area contributed by atoms with E-state index in [1.54, 1.807) is 49.6 Å². The van der Waals surface area contributed by atoms with Crippen LogP contribution in [-0.4, -0.2) is 85.4 Å². The van der Waals surface area contributed by atoms with Gasteiger partial charge in [-0.05, 0) is 113 Å². The molecule has 14 nitrogen and oxygen atoms in total. The maximum absolute atomic E-state index is 10.5. The highest BCUT2D eigenvalue weighted by atomic mass is 16.5. The van der Waals surface area contributed by atoms with E-state index in [0.29, 0.717) is 96.8 Å². The molecule has 0 aliphatic heterocycles. The lowest BCUT2D eigenvalue weighted by molar-refractivity contribution is 0.111. The smallest absolute Gasteiger partial charge is 0.161 e. The summed E-state index contributed by atoms with van der Waals surface area (Å²) >= 11 is 0. The maximum Gasteiger partial charge on any atom is 0.161 e. The van der Waals surface area contributed by atoms with Crippen molar-refractivity contribution >= 4 is 31.4 Å². The van der Waals surface area contributed by atoms with Crippen LogP contribution in [0.4, 0.5) is 0 Å². The van der Waals surface area contributed by atoms with Gasteiger partial charge in [0.05, 0.1) is 44.7 Å². The highest BCUT2D eigenvalue weighted by Gasteiger charge is 2.04. The molecule has 4 N–H and O–H groups in total. The molecule has 0 aliphatic rings. The number of hydrogen-bond acceptors (Lipinski definition) is 14. The molecule has 0 spiro atoms. The van der Waals surface area contributed by atoms with Gasteiger partial charge in [0.25, 0.3) is 0 Å². The van der Waals surface area contributed by atoms with Crippen LogP contribution in [-0.2, 0) is 0 Å². The van der Waals surface area contributed by atoms with Crippen LogP contribution >= 0.6 is 0 Å². The summed E-state index contributed by atoms with van der Waals surface area (Å²) in [6.45, 7) is 9.29. The lowest BCUT2D eigenvalue weighted by atomic mass is 10.2. The van der Waals surface area contributed by atoms with Crippen molar-refractivity contribution in [3.63, 3.8) is 0 Å². The Bertz CT molecular complexity index is 2010. The molecule has 0 radical (unpaired) electrons. The second kappa shape index (κ2) is 28.1. The quantitative estimate of drug-likeness (QED) is 0.0786. The van der Waals surface area contributed by atoms with Crippen LogP contribution in [0.25, 0.3) is 0 Å². The van der Waals surface area contributed by atoms with Crippen molar-refractivity contribution in [2.45, 2.75) is 27.7 Å². The molecule has 0 saturated carbocycles. The summed E-state index contributed by atoms with van der Waals surface area (Å²) < 4.78 is 25.3. The van der Waals surface area contributed by atoms with Crippen molar-refractivity contribution in [1.29, 1.82) is 0 Å². The van der Waals surface area contributed by atoms with E-state index in [1.165, 1.54) is 54.6 Å². The van der Waals surface area contributed by atoms with Gasteiger partial charge in [-0.2, -0.15) is 0 Å². The summed E-state index contributed by atoms with van der Waals surface area (Å²) in [6.07, 6.45) is 3.49. The summed E-state index contributed by atoms with van der Waals surface area (Å²) in [5.74, 6) is 2.63. The fourth-order valence-electron chi connectivity index (χ4n) is 4.22. The first-order valence-electron chi connectivity index (χ1n) is 17.7. The number of ether oxygens (including phenoxy) is 5. The molecule has 0 aliphatic carbocycles. The van der Waals surface area contributed by atoms with E-state index in [4.69, 9.17) is 28.8 Å². The van der Waals surface area contributed by atoms with Crippen LogP contribution in [0.15, 0.2) is 97.1 Å². The fourth-order valence-corrected chi connectivity index (χ4v) is 4.22. The summed E-state index contributed by atoms with van der Waals surface area (Å²) in [6, 6.07) is 24.9. The third kappa shape index (κ3) is 17.9. The molecule has 58 heavy (non-hydrogen) atoms. The van der Waals surface area contributed by atoms with Crippen molar-refractivity contribution in [3.05, 3.63) is 125 Å². The molecule has 0 saturated heterocycles. The monoisotopic (exact) mass is 800 g/mol. The van der Waals surface area contributed by atoms with E-state index >= 15 is 0 Å². The van der Waals surface area contributed by atoms with E-state index in [2.05, 4.69) is 0 Å². The van der Waals surface area contributed by atoms with Gasteiger partial charge in [-0.3, -0.25) is 24.0 Å². The second-order valence-corrected chi connectivity index (χ2v) is 11.0. The Morgan fingerprint density at radius 1 is 0.414 bits per heavy atom. The lowest BCUT2D eigenvalue weighted by Crippen LogP contribution is -1.95. The van der Waals surface area contributed by atoms with Crippen LogP contribution in [0.2, 0.25) is 0 Å². The molecule has 308 valence electrons. The van der Waals surface area contributed by atoms with Crippen LogP contribution in [0.3, 0.4) is 0 Å². The third-order valence-corrected chi connectivity index (χ3v) is 6.95. The largest absolute Gasteiger partial charge is 0.508 e. The first-order chi connectivity index (χ1) is 28.0. The number of phenols is 4. The van der Waals surface area contributed by atoms with Crippen molar-refractivity contribution in [2.24, 2.45) is 0 Å². The van der Waals surface area contributed by atoms with Gasteiger partial charge in [0.2, 0.25) is 0 Å². The number of aldehydes is 5. The van der Waals surface area contributed by atoms with Gasteiger partial charge in [-0.15, -0.1) is 0 Å². The number of phenolic OH excluding ortho intramolecular Hbond substituents is 4. The summed E-state index contributed by atoms with van der Waals surface area (Å²) in [5, 5.41) is 36.8. The lowest BCUT2D eigenvalue weighted by Gasteiger charge is -2.05. The fraction of sp³-hybridized carbons (Fsp3) is 0.205. The zero-order valence-corrected chi connectivity index (χ0v) is 32.8. The van der Waals surface area contributed by atoms with Gasteiger partial charge < -0.3 is 44.1 Å². The average molecular weight is 801 g/mol. The van der Waals surface area contributed by atoms with Gasteiger partial charge in [0.1, 0.15) is 47.6 Å². The number of carbonyl (C=O) groups excluding carboxylic acids is 5. The minimum absolute atomic E-state index is 0.00134. The number of rotatable bonds is 14. The molecule has 5 aromatic carbocycles. The molecular weight excluding hydrogens is 752 g/mol. The molecule has 0 unspecified atom stereocenters. The topological polar surface area (TPSA) is 212 Å². The molecule has 14 heteroatoms. The van der Waals surface area contributed by atoms with Gasteiger partial charge >= 0.3 is 0 Å². The Hall–Kier alpha value is -7.35. The molecule has 0 fully saturated rings. The number of methoxy groups -OCH3 is 1. The van der Waals surface area contributed by atoms with E-state index in [1.807, 2.05) is 27.7 Å². The van der Waals surface area contributed by atoms with Crippen molar-refractivity contribution < 1.29 is 68.1 Å². The van der Waals surface area contributed by atoms with Crippen LogP contribution < -0.4 is 23.7 Å². The molecule has 5 aromatic rings. The Balaban J connectivity index is 0.000000363. The number of hydrogen-bond donors (Lipinski definition) is 4. The third-order valence-electron chi connectivity index (χ3n) is 6.95. The Labute approximate surface area is 336 Å². The summed E-state index contributed by atoms with van der Waals surface area (Å²) in [4.78, 5) is 51.5. The zero-order chi connectivity index (χ0) is 43.3. The van der Waals surface area contributed by atoms with Gasteiger partial charge in [-0.25, -0.2) is 0 Å². The van der Waals surface area contributed by atoms with E-state index in [0.717, 1.165) is 12.0 Å². The van der Waals surface area contributed by atoms with Gasteiger partial charge in [0.15, 0.2) is 35.6 Å². The van der Waals surface area contributed by atoms with E-state index < -0.39 is 0 Å². The molecule has 0 aromatic heterocycles. The predicted octanol–water partition coefficient (Wildman–Crippen LogP) is 7.92. The molecule has 0 amide bonds.